The molecule has 22 heavy (non-hydrogen) atoms. The summed E-state index contributed by atoms with van der Waals surface area (Å²) in [6, 6.07) is 0. The molecule has 128 valence electrons. The van der Waals surface area contributed by atoms with Crippen LogP contribution in [0.4, 0.5) is 0 Å². The Kier molecular flexibility index (Phi) is 8.24. The molecule has 2 aliphatic rings. The standard InChI is InChI=1S/C18H35N3O/c1-2-6-17(15-16-7-4-3-5-8-16)18(22)20-11-14-21-12-9-19-10-13-21/h16-17,19H,2-15H2,1H3,(H,20,22). The van der Waals surface area contributed by atoms with E-state index in [9.17, 15) is 4.79 Å². The summed E-state index contributed by atoms with van der Waals surface area (Å²) < 4.78 is 0. The zero-order chi connectivity index (χ0) is 15.6. The number of hydrogen-bond donors (Lipinski definition) is 2. The number of amides is 1. The third-order valence-electron chi connectivity index (χ3n) is 5.29. The first-order chi connectivity index (χ1) is 10.8. The van der Waals surface area contributed by atoms with Crippen LogP contribution in [0.5, 0.6) is 0 Å². The van der Waals surface area contributed by atoms with Gasteiger partial charge in [-0.05, 0) is 18.8 Å². The van der Waals surface area contributed by atoms with Gasteiger partial charge in [-0.1, -0.05) is 45.4 Å². The van der Waals surface area contributed by atoms with E-state index >= 15 is 0 Å². The molecule has 0 aromatic heterocycles. The lowest BCUT2D eigenvalue weighted by Crippen LogP contribution is -2.46. The van der Waals surface area contributed by atoms with E-state index in [-0.39, 0.29) is 5.92 Å². The van der Waals surface area contributed by atoms with E-state index in [0.29, 0.717) is 5.91 Å². The Balaban J connectivity index is 1.68. The fourth-order valence-electron chi connectivity index (χ4n) is 3.95. The molecule has 1 amide bonds. The summed E-state index contributed by atoms with van der Waals surface area (Å²) in [7, 11) is 0. The van der Waals surface area contributed by atoms with Gasteiger partial charge in [0.05, 0.1) is 0 Å². The van der Waals surface area contributed by atoms with E-state index in [1.807, 2.05) is 0 Å². The van der Waals surface area contributed by atoms with E-state index in [0.717, 1.165) is 64.4 Å². The maximum atomic E-state index is 12.5. The van der Waals surface area contributed by atoms with Crippen molar-refractivity contribution in [3.8, 4) is 0 Å². The highest BCUT2D eigenvalue weighted by molar-refractivity contribution is 5.78. The molecule has 2 fully saturated rings. The molecule has 1 aliphatic heterocycles. The van der Waals surface area contributed by atoms with Gasteiger partial charge in [0.25, 0.3) is 0 Å². The van der Waals surface area contributed by atoms with E-state index < -0.39 is 0 Å². The second-order valence-electron chi connectivity index (χ2n) is 7.11. The van der Waals surface area contributed by atoms with Crippen LogP contribution < -0.4 is 10.6 Å². The topological polar surface area (TPSA) is 44.4 Å². The highest BCUT2D eigenvalue weighted by Gasteiger charge is 2.23. The van der Waals surface area contributed by atoms with Gasteiger partial charge in [0.1, 0.15) is 0 Å². The molecule has 1 atom stereocenters. The monoisotopic (exact) mass is 309 g/mol. The number of rotatable bonds is 8. The number of hydrogen-bond acceptors (Lipinski definition) is 3. The summed E-state index contributed by atoms with van der Waals surface area (Å²) in [5, 5.41) is 6.57. The highest BCUT2D eigenvalue weighted by Crippen LogP contribution is 2.30. The molecule has 1 heterocycles. The fourth-order valence-corrected chi connectivity index (χ4v) is 3.95. The van der Waals surface area contributed by atoms with Crippen molar-refractivity contribution in [1.82, 2.24) is 15.5 Å². The first-order valence-corrected chi connectivity index (χ1v) is 9.50. The van der Waals surface area contributed by atoms with Gasteiger partial charge >= 0.3 is 0 Å². The molecule has 4 heteroatoms. The van der Waals surface area contributed by atoms with Gasteiger partial charge in [0.15, 0.2) is 0 Å². The number of nitrogens with zero attached hydrogens (tertiary/aromatic N) is 1. The Labute approximate surface area is 136 Å². The van der Waals surface area contributed by atoms with Gasteiger partial charge in [-0.25, -0.2) is 0 Å². The van der Waals surface area contributed by atoms with Crippen molar-refractivity contribution >= 4 is 5.91 Å². The number of carbonyl (C=O) groups is 1. The maximum absolute atomic E-state index is 12.5. The lowest BCUT2D eigenvalue weighted by Gasteiger charge is -2.28. The first kappa shape index (κ1) is 17.7. The predicted octanol–water partition coefficient (Wildman–Crippen LogP) is 2.39. The first-order valence-electron chi connectivity index (χ1n) is 9.50. The zero-order valence-electron chi connectivity index (χ0n) is 14.4. The van der Waals surface area contributed by atoms with Crippen LogP contribution in [-0.4, -0.2) is 50.1 Å². The van der Waals surface area contributed by atoms with Crippen LogP contribution in [-0.2, 0) is 4.79 Å². The lowest BCUT2D eigenvalue weighted by atomic mass is 9.81. The van der Waals surface area contributed by atoms with Gasteiger partial charge in [-0.3, -0.25) is 9.69 Å². The van der Waals surface area contributed by atoms with E-state index in [1.54, 1.807) is 0 Å². The largest absolute Gasteiger partial charge is 0.355 e. The molecule has 1 aliphatic carbocycles. The van der Waals surface area contributed by atoms with Crippen molar-refractivity contribution in [2.75, 3.05) is 39.3 Å². The number of piperazine rings is 1. The van der Waals surface area contributed by atoms with Crippen molar-refractivity contribution in [1.29, 1.82) is 0 Å². The predicted molar refractivity (Wildman–Crippen MR) is 91.9 cm³/mol. The van der Waals surface area contributed by atoms with Crippen LogP contribution in [0.1, 0.15) is 58.3 Å². The molecule has 4 nitrogen and oxygen atoms in total. The molecule has 1 unspecified atom stereocenters. The minimum absolute atomic E-state index is 0.246. The van der Waals surface area contributed by atoms with Gasteiger partial charge in [-0.15, -0.1) is 0 Å². The summed E-state index contributed by atoms with van der Waals surface area (Å²) in [4.78, 5) is 14.9. The Morgan fingerprint density at radius 3 is 2.64 bits per heavy atom. The van der Waals surface area contributed by atoms with E-state index in [4.69, 9.17) is 0 Å². The minimum Gasteiger partial charge on any atom is -0.355 e. The van der Waals surface area contributed by atoms with Crippen molar-refractivity contribution in [2.24, 2.45) is 11.8 Å². The molecule has 2 N–H and O–H groups in total. The fraction of sp³-hybridized carbons (Fsp3) is 0.944. The third-order valence-corrected chi connectivity index (χ3v) is 5.29. The molecule has 0 radical (unpaired) electrons. The average Bonchev–Trinajstić information content (AvgIpc) is 2.56. The summed E-state index contributed by atoms with van der Waals surface area (Å²) in [6.07, 6.45) is 10.1. The summed E-state index contributed by atoms with van der Waals surface area (Å²) >= 11 is 0. The summed E-state index contributed by atoms with van der Waals surface area (Å²) in [6.45, 7) is 8.37. The molecule has 1 saturated heterocycles. The van der Waals surface area contributed by atoms with Crippen LogP contribution in [0, 0.1) is 11.8 Å². The quantitative estimate of drug-likeness (QED) is 0.723. The molecular weight excluding hydrogens is 274 g/mol. The number of nitrogens with one attached hydrogen (secondary N) is 2. The second kappa shape index (κ2) is 10.2. The highest BCUT2D eigenvalue weighted by atomic mass is 16.1. The van der Waals surface area contributed by atoms with Gasteiger partial charge < -0.3 is 10.6 Å². The maximum Gasteiger partial charge on any atom is 0.223 e. The second-order valence-corrected chi connectivity index (χ2v) is 7.11. The van der Waals surface area contributed by atoms with Crippen molar-refractivity contribution in [3.05, 3.63) is 0 Å². The zero-order valence-corrected chi connectivity index (χ0v) is 14.4. The van der Waals surface area contributed by atoms with E-state index in [1.165, 1.54) is 32.1 Å². The smallest absolute Gasteiger partial charge is 0.223 e. The van der Waals surface area contributed by atoms with Crippen LogP contribution in [0.15, 0.2) is 0 Å². The molecule has 0 bridgehead atoms. The van der Waals surface area contributed by atoms with Crippen molar-refractivity contribution in [2.45, 2.75) is 58.3 Å². The van der Waals surface area contributed by atoms with Crippen LogP contribution in [0.25, 0.3) is 0 Å². The van der Waals surface area contributed by atoms with Gasteiger partial charge in [0.2, 0.25) is 5.91 Å². The van der Waals surface area contributed by atoms with Crippen LogP contribution in [0.2, 0.25) is 0 Å². The Morgan fingerprint density at radius 2 is 1.95 bits per heavy atom. The summed E-state index contributed by atoms with van der Waals surface area (Å²) in [5.74, 6) is 1.35. The average molecular weight is 309 g/mol. The van der Waals surface area contributed by atoms with Gasteiger partial charge in [-0.2, -0.15) is 0 Å². The summed E-state index contributed by atoms with van der Waals surface area (Å²) in [5.41, 5.74) is 0. The van der Waals surface area contributed by atoms with Crippen molar-refractivity contribution in [3.63, 3.8) is 0 Å². The Hall–Kier alpha value is -0.610. The van der Waals surface area contributed by atoms with Crippen LogP contribution in [0.3, 0.4) is 0 Å². The molecule has 0 aromatic carbocycles. The SMILES string of the molecule is CCCC(CC1CCCCC1)C(=O)NCCN1CCNCC1. The molecule has 0 aromatic rings. The third kappa shape index (κ3) is 6.25. The Morgan fingerprint density at radius 1 is 1.23 bits per heavy atom. The molecule has 0 spiro atoms. The Bertz CT molecular complexity index is 309. The molecule has 1 saturated carbocycles. The van der Waals surface area contributed by atoms with Gasteiger partial charge in [0, 0.05) is 45.2 Å². The normalized spacial score (nSPS) is 22.4. The molecular formula is C18H35N3O. The lowest BCUT2D eigenvalue weighted by molar-refractivity contribution is -0.126. The van der Waals surface area contributed by atoms with Crippen LogP contribution >= 0.6 is 0 Å². The van der Waals surface area contributed by atoms with Crippen molar-refractivity contribution < 1.29 is 4.79 Å². The minimum atomic E-state index is 0.246. The molecule has 2 rings (SSSR count). The van der Waals surface area contributed by atoms with E-state index in [2.05, 4.69) is 22.5 Å². The number of carbonyl (C=O) groups excluding carboxylic acids is 1.